The first-order chi connectivity index (χ1) is 14.9. The van der Waals surface area contributed by atoms with Crippen LogP contribution in [-0.4, -0.2) is 26.1 Å². The maximum absolute atomic E-state index is 13.2. The molecule has 0 radical (unpaired) electrons. The zero-order valence-corrected chi connectivity index (χ0v) is 18.0. The third-order valence-electron chi connectivity index (χ3n) is 4.75. The molecule has 0 aliphatic heterocycles. The van der Waals surface area contributed by atoms with Gasteiger partial charge in [0.2, 0.25) is 6.10 Å². The Hall–Kier alpha value is -3.80. The smallest absolute Gasteiger partial charge is 0.343 e. The number of hydrogen-bond donors (Lipinski definition) is 1. The summed E-state index contributed by atoms with van der Waals surface area (Å²) in [6, 6.07) is 19.5. The molecule has 0 unspecified atom stereocenters. The zero-order valence-electron chi connectivity index (χ0n) is 18.0. The molecule has 1 N–H and O–H groups in total. The predicted octanol–water partition coefficient (Wildman–Crippen LogP) is 4.86. The summed E-state index contributed by atoms with van der Waals surface area (Å²) in [5.74, 6) is -0.253. The molecule has 1 amide bonds. The van der Waals surface area contributed by atoms with Gasteiger partial charge in [-0.05, 0) is 43.7 Å². The second kappa shape index (κ2) is 9.80. The summed E-state index contributed by atoms with van der Waals surface area (Å²) < 4.78 is 16.3. The maximum Gasteiger partial charge on any atom is 0.343 e. The van der Waals surface area contributed by atoms with Crippen LogP contribution in [0.5, 0.6) is 11.5 Å². The van der Waals surface area contributed by atoms with E-state index < -0.39 is 18.0 Å². The van der Waals surface area contributed by atoms with Gasteiger partial charge in [-0.15, -0.1) is 0 Å². The molecule has 0 heterocycles. The highest BCUT2D eigenvalue weighted by atomic mass is 16.6. The lowest BCUT2D eigenvalue weighted by atomic mass is 10.1. The first kappa shape index (κ1) is 21.9. The van der Waals surface area contributed by atoms with Crippen molar-refractivity contribution >= 4 is 17.6 Å². The summed E-state index contributed by atoms with van der Waals surface area (Å²) >= 11 is 0. The summed E-state index contributed by atoms with van der Waals surface area (Å²) in [6.07, 6.45) is -1.16. The maximum atomic E-state index is 13.2. The van der Waals surface area contributed by atoms with Crippen molar-refractivity contribution in [2.75, 3.05) is 19.5 Å². The number of aryl methyl sites for hydroxylation is 2. The number of carbonyl (C=O) groups excluding carboxylic acids is 2. The van der Waals surface area contributed by atoms with Crippen LogP contribution in [0.1, 0.15) is 33.2 Å². The van der Waals surface area contributed by atoms with Crippen LogP contribution in [0, 0.1) is 13.8 Å². The molecule has 0 aliphatic carbocycles. The number of nitrogens with one attached hydrogen (secondary N) is 1. The molecule has 0 aromatic heterocycles. The molecule has 160 valence electrons. The van der Waals surface area contributed by atoms with Crippen molar-refractivity contribution in [2.24, 2.45) is 0 Å². The predicted molar refractivity (Wildman–Crippen MR) is 119 cm³/mol. The fraction of sp³-hybridized carbons (Fsp3) is 0.200. The van der Waals surface area contributed by atoms with Crippen molar-refractivity contribution in [3.8, 4) is 11.5 Å². The van der Waals surface area contributed by atoms with Gasteiger partial charge in [-0.1, -0.05) is 48.0 Å². The number of hydrogen-bond acceptors (Lipinski definition) is 5. The van der Waals surface area contributed by atoms with Crippen LogP contribution in [-0.2, 0) is 9.53 Å². The molecule has 0 saturated carbocycles. The standard InChI is InChI=1S/C25H25NO5/c1-16-10-12-21(29-3)19(14-16)25(28)31-23(18-8-6-5-7-9-18)24(27)26-20-15-17(2)11-13-22(20)30-4/h5-15,23H,1-4H3,(H,26,27)/t23-/m0/s1. The molecule has 6 nitrogen and oxygen atoms in total. The Morgan fingerprint density at radius 3 is 2.06 bits per heavy atom. The normalized spacial score (nSPS) is 11.4. The van der Waals surface area contributed by atoms with Crippen LogP contribution in [0.15, 0.2) is 66.7 Å². The molecule has 0 aliphatic rings. The van der Waals surface area contributed by atoms with Gasteiger partial charge in [0.15, 0.2) is 0 Å². The van der Waals surface area contributed by atoms with Gasteiger partial charge in [0.1, 0.15) is 17.1 Å². The van der Waals surface area contributed by atoms with Crippen LogP contribution < -0.4 is 14.8 Å². The van der Waals surface area contributed by atoms with Crippen molar-refractivity contribution in [1.82, 2.24) is 0 Å². The molecule has 0 fully saturated rings. The summed E-state index contributed by atoms with van der Waals surface area (Å²) in [5, 5.41) is 2.83. The Bertz CT molecular complexity index is 1080. The number of carbonyl (C=O) groups is 2. The number of anilines is 1. The molecule has 0 saturated heterocycles. The van der Waals surface area contributed by atoms with E-state index in [1.54, 1.807) is 48.5 Å². The second-order valence-electron chi connectivity index (χ2n) is 7.09. The Balaban J connectivity index is 1.93. The number of methoxy groups -OCH3 is 2. The van der Waals surface area contributed by atoms with Crippen molar-refractivity contribution in [1.29, 1.82) is 0 Å². The van der Waals surface area contributed by atoms with Gasteiger partial charge < -0.3 is 19.5 Å². The highest BCUT2D eigenvalue weighted by molar-refractivity contribution is 5.99. The average molecular weight is 419 g/mol. The molecule has 0 bridgehead atoms. The molecule has 3 aromatic rings. The van der Waals surface area contributed by atoms with Crippen molar-refractivity contribution in [3.05, 3.63) is 89.0 Å². The molecular formula is C25H25NO5. The quantitative estimate of drug-likeness (QED) is 0.554. The molecule has 1 atom stereocenters. The van der Waals surface area contributed by atoms with Crippen molar-refractivity contribution in [3.63, 3.8) is 0 Å². The average Bonchev–Trinajstić information content (AvgIpc) is 2.78. The van der Waals surface area contributed by atoms with Gasteiger partial charge >= 0.3 is 5.97 Å². The SMILES string of the molecule is COc1ccc(C)cc1NC(=O)[C@@H](OC(=O)c1cc(C)ccc1OC)c1ccccc1. The Labute approximate surface area is 181 Å². The highest BCUT2D eigenvalue weighted by Crippen LogP contribution is 2.29. The minimum atomic E-state index is -1.16. The first-order valence-electron chi connectivity index (χ1n) is 9.79. The highest BCUT2D eigenvalue weighted by Gasteiger charge is 2.28. The van der Waals surface area contributed by atoms with E-state index in [4.69, 9.17) is 14.2 Å². The molecular weight excluding hydrogens is 394 g/mol. The summed E-state index contributed by atoms with van der Waals surface area (Å²) in [6.45, 7) is 3.77. The lowest BCUT2D eigenvalue weighted by Gasteiger charge is -2.20. The van der Waals surface area contributed by atoms with Crippen LogP contribution in [0.2, 0.25) is 0 Å². The van der Waals surface area contributed by atoms with E-state index in [0.717, 1.165) is 11.1 Å². The van der Waals surface area contributed by atoms with E-state index in [2.05, 4.69) is 5.32 Å². The van der Waals surface area contributed by atoms with Gasteiger partial charge in [-0.2, -0.15) is 0 Å². The van der Waals surface area contributed by atoms with Gasteiger partial charge in [-0.3, -0.25) is 4.79 Å². The molecule has 0 spiro atoms. The van der Waals surface area contributed by atoms with Crippen molar-refractivity contribution < 1.29 is 23.8 Å². The molecule has 3 aromatic carbocycles. The number of amides is 1. The fourth-order valence-corrected chi connectivity index (χ4v) is 3.17. The minimum absolute atomic E-state index is 0.254. The van der Waals surface area contributed by atoms with E-state index in [0.29, 0.717) is 22.7 Å². The third-order valence-corrected chi connectivity index (χ3v) is 4.75. The first-order valence-corrected chi connectivity index (χ1v) is 9.79. The van der Waals surface area contributed by atoms with E-state index in [-0.39, 0.29) is 5.56 Å². The molecule has 6 heteroatoms. The third kappa shape index (κ3) is 5.22. The number of benzene rings is 3. The number of ether oxygens (including phenoxy) is 3. The van der Waals surface area contributed by atoms with Gasteiger partial charge in [0.25, 0.3) is 5.91 Å². The van der Waals surface area contributed by atoms with Crippen LogP contribution in [0.3, 0.4) is 0 Å². The van der Waals surface area contributed by atoms with Crippen molar-refractivity contribution in [2.45, 2.75) is 20.0 Å². The summed E-state index contributed by atoms with van der Waals surface area (Å²) in [7, 11) is 3.01. The number of esters is 1. The van der Waals surface area contributed by atoms with E-state index in [9.17, 15) is 9.59 Å². The second-order valence-corrected chi connectivity index (χ2v) is 7.09. The Morgan fingerprint density at radius 1 is 0.806 bits per heavy atom. The fourth-order valence-electron chi connectivity index (χ4n) is 3.17. The van der Waals surface area contributed by atoms with Crippen LogP contribution >= 0.6 is 0 Å². The van der Waals surface area contributed by atoms with E-state index in [1.165, 1.54) is 14.2 Å². The topological polar surface area (TPSA) is 73.9 Å². The van der Waals surface area contributed by atoms with Gasteiger partial charge in [0, 0.05) is 5.56 Å². The lowest BCUT2D eigenvalue weighted by molar-refractivity contribution is -0.125. The zero-order chi connectivity index (χ0) is 22.4. The number of rotatable bonds is 7. The summed E-state index contributed by atoms with van der Waals surface area (Å²) in [5.41, 5.74) is 3.13. The molecule has 3 rings (SSSR count). The monoisotopic (exact) mass is 419 g/mol. The lowest BCUT2D eigenvalue weighted by Crippen LogP contribution is -2.26. The van der Waals surface area contributed by atoms with Crippen LogP contribution in [0.4, 0.5) is 5.69 Å². The van der Waals surface area contributed by atoms with Gasteiger partial charge in [-0.25, -0.2) is 4.79 Å². The minimum Gasteiger partial charge on any atom is -0.496 e. The Kier molecular flexibility index (Phi) is 6.92. The summed E-state index contributed by atoms with van der Waals surface area (Å²) in [4.78, 5) is 26.2. The van der Waals surface area contributed by atoms with E-state index in [1.807, 2.05) is 32.0 Å². The van der Waals surface area contributed by atoms with Gasteiger partial charge in [0.05, 0.1) is 19.9 Å². The van der Waals surface area contributed by atoms with E-state index >= 15 is 0 Å². The van der Waals surface area contributed by atoms with Crippen LogP contribution in [0.25, 0.3) is 0 Å². The Morgan fingerprint density at radius 2 is 1.42 bits per heavy atom. The largest absolute Gasteiger partial charge is 0.496 e. The molecule has 31 heavy (non-hydrogen) atoms.